The highest BCUT2D eigenvalue weighted by Crippen LogP contribution is 2.31. The number of halogens is 3. The quantitative estimate of drug-likeness (QED) is 0.735. The average molecular weight is 382 g/mol. The van der Waals surface area contributed by atoms with E-state index in [2.05, 4.69) is 25.0 Å². The summed E-state index contributed by atoms with van der Waals surface area (Å²) >= 11 is 1.05. The standard InChI is InChI=1S/C16H13F3N4O2S/c1-3-11-10(7-20-8(2)21-11)14(24)23-15-22-12-5-4-9(6-13(12)26-15)25-16(17,18)19/h4-7H,3H2,1-2H3,(H,22,23,24). The van der Waals surface area contributed by atoms with Crippen LogP contribution in [0.3, 0.4) is 0 Å². The van der Waals surface area contributed by atoms with Crippen molar-refractivity contribution in [2.75, 3.05) is 5.32 Å². The Morgan fingerprint density at radius 1 is 1.31 bits per heavy atom. The number of nitrogens with one attached hydrogen (secondary N) is 1. The van der Waals surface area contributed by atoms with Crippen molar-refractivity contribution < 1.29 is 22.7 Å². The number of rotatable bonds is 4. The predicted molar refractivity (Wildman–Crippen MR) is 90.4 cm³/mol. The Morgan fingerprint density at radius 3 is 2.77 bits per heavy atom. The second-order valence-corrected chi connectivity index (χ2v) is 6.31. The van der Waals surface area contributed by atoms with Crippen LogP contribution in [0.25, 0.3) is 10.2 Å². The maximum atomic E-state index is 12.4. The Balaban J connectivity index is 1.84. The molecule has 26 heavy (non-hydrogen) atoms. The molecular weight excluding hydrogens is 369 g/mol. The van der Waals surface area contributed by atoms with E-state index in [1.165, 1.54) is 24.4 Å². The van der Waals surface area contributed by atoms with Gasteiger partial charge in [-0.05, 0) is 25.5 Å². The molecule has 0 fully saturated rings. The maximum Gasteiger partial charge on any atom is 0.573 e. The summed E-state index contributed by atoms with van der Waals surface area (Å²) in [6.45, 7) is 3.60. The third-order valence-corrected chi connectivity index (χ3v) is 4.32. The second kappa shape index (κ2) is 6.87. The fourth-order valence-electron chi connectivity index (χ4n) is 2.30. The molecule has 3 rings (SSSR count). The molecule has 1 amide bonds. The zero-order valence-electron chi connectivity index (χ0n) is 13.7. The molecule has 0 spiro atoms. The molecule has 0 atom stereocenters. The number of amides is 1. The number of fused-ring (bicyclic) bond motifs is 1. The first-order chi connectivity index (χ1) is 12.2. The summed E-state index contributed by atoms with van der Waals surface area (Å²) in [5.41, 5.74) is 1.39. The average Bonchev–Trinajstić information content (AvgIpc) is 2.94. The minimum atomic E-state index is -4.77. The minimum absolute atomic E-state index is 0.261. The Bertz CT molecular complexity index is 972. The molecule has 1 aromatic carbocycles. The molecule has 0 aliphatic carbocycles. The van der Waals surface area contributed by atoms with Crippen LogP contribution in [0.4, 0.5) is 18.3 Å². The molecule has 2 aromatic heterocycles. The van der Waals surface area contributed by atoms with Crippen LogP contribution in [-0.2, 0) is 6.42 Å². The minimum Gasteiger partial charge on any atom is -0.406 e. The van der Waals surface area contributed by atoms with Gasteiger partial charge < -0.3 is 4.74 Å². The normalized spacial score (nSPS) is 11.6. The molecule has 1 N–H and O–H groups in total. The largest absolute Gasteiger partial charge is 0.573 e. The van der Waals surface area contributed by atoms with Gasteiger partial charge in [0, 0.05) is 12.3 Å². The molecule has 0 bridgehead atoms. The second-order valence-electron chi connectivity index (χ2n) is 5.28. The number of carbonyl (C=O) groups excluding carboxylic acids is 1. The van der Waals surface area contributed by atoms with Crippen LogP contribution in [-0.4, -0.2) is 27.2 Å². The lowest BCUT2D eigenvalue weighted by molar-refractivity contribution is -0.274. The summed E-state index contributed by atoms with van der Waals surface area (Å²) < 4.78 is 41.3. The van der Waals surface area contributed by atoms with E-state index in [0.717, 1.165) is 11.3 Å². The Morgan fingerprint density at radius 2 is 2.08 bits per heavy atom. The fourth-order valence-corrected chi connectivity index (χ4v) is 3.19. The number of aryl methyl sites for hydroxylation is 2. The number of thiazole rings is 1. The van der Waals surface area contributed by atoms with Gasteiger partial charge >= 0.3 is 6.36 Å². The number of benzene rings is 1. The summed E-state index contributed by atoms with van der Waals surface area (Å²) in [5, 5.41) is 2.90. The number of aromatic nitrogens is 3. The molecule has 0 radical (unpaired) electrons. The van der Waals surface area contributed by atoms with Gasteiger partial charge in [0.15, 0.2) is 5.13 Å². The lowest BCUT2D eigenvalue weighted by Gasteiger charge is -2.07. The Kier molecular flexibility index (Phi) is 4.77. The molecule has 0 aliphatic heterocycles. The van der Waals surface area contributed by atoms with Crippen LogP contribution >= 0.6 is 11.3 Å². The van der Waals surface area contributed by atoms with Crippen LogP contribution in [0.2, 0.25) is 0 Å². The highest BCUT2D eigenvalue weighted by atomic mass is 32.1. The van der Waals surface area contributed by atoms with Crippen LogP contribution < -0.4 is 10.1 Å². The molecule has 136 valence electrons. The summed E-state index contributed by atoms with van der Waals surface area (Å²) in [6, 6.07) is 3.79. The number of alkyl halides is 3. The first-order valence-electron chi connectivity index (χ1n) is 7.55. The van der Waals surface area contributed by atoms with Crippen molar-refractivity contribution in [1.29, 1.82) is 0 Å². The van der Waals surface area contributed by atoms with Gasteiger partial charge in [-0.3, -0.25) is 10.1 Å². The topological polar surface area (TPSA) is 77.0 Å². The van der Waals surface area contributed by atoms with Gasteiger partial charge in [0.25, 0.3) is 5.91 Å². The van der Waals surface area contributed by atoms with Gasteiger partial charge in [-0.25, -0.2) is 15.0 Å². The lowest BCUT2D eigenvalue weighted by atomic mass is 10.2. The monoisotopic (exact) mass is 382 g/mol. The lowest BCUT2D eigenvalue weighted by Crippen LogP contribution is -2.16. The first-order valence-corrected chi connectivity index (χ1v) is 8.37. The molecular formula is C16H13F3N4O2S. The number of ether oxygens (including phenoxy) is 1. The Labute approximate surface area is 150 Å². The number of nitrogens with zero attached hydrogens (tertiary/aromatic N) is 3. The van der Waals surface area contributed by atoms with Gasteiger partial charge in [0.2, 0.25) is 0 Å². The van der Waals surface area contributed by atoms with E-state index in [9.17, 15) is 18.0 Å². The predicted octanol–water partition coefficient (Wildman–Crippen LogP) is 4.11. The summed E-state index contributed by atoms with van der Waals surface area (Å²) in [4.78, 5) is 24.9. The van der Waals surface area contributed by atoms with E-state index in [1.54, 1.807) is 6.92 Å². The summed E-state index contributed by atoms with van der Waals surface area (Å²) in [5.74, 6) is -0.199. The zero-order valence-corrected chi connectivity index (χ0v) is 14.5. The molecule has 0 aliphatic rings. The zero-order chi connectivity index (χ0) is 18.9. The van der Waals surface area contributed by atoms with Gasteiger partial charge in [-0.2, -0.15) is 0 Å². The SMILES string of the molecule is CCc1nc(C)ncc1C(=O)Nc1nc2ccc(OC(F)(F)F)cc2s1. The van der Waals surface area contributed by atoms with E-state index in [-0.39, 0.29) is 10.9 Å². The van der Waals surface area contributed by atoms with Crippen LogP contribution in [0.5, 0.6) is 5.75 Å². The van der Waals surface area contributed by atoms with Gasteiger partial charge in [0.05, 0.1) is 21.5 Å². The fraction of sp³-hybridized carbons (Fsp3) is 0.250. The van der Waals surface area contributed by atoms with Crippen molar-refractivity contribution in [1.82, 2.24) is 15.0 Å². The van der Waals surface area contributed by atoms with Crippen LogP contribution in [0.1, 0.15) is 28.8 Å². The van der Waals surface area contributed by atoms with Crippen LogP contribution in [0.15, 0.2) is 24.4 Å². The van der Waals surface area contributed by atoms with Gasteiger partial charge in [0.1, 0.15) is 11.6 Å². The van der Waals surface area contributed by atoms with Crippen molar-refractivity contribution in [2.24, 2.45) is 0 Å². The third-order valence-electron chi connectivity index (χ3n) is 3.38. The molecule has 6 nitrogen and oxygen atoms in total. The van der Waals surface area contributed by atoms with Gasteiger partial charge in [-0.15, -0.1) is 13.2 Å². The highest BCUT2D eigenvalue weighted by Gasteiger charge is 2.31. The first kappa shape index (κ1) is 18.1. The van der Waals surface area contributed by atoms with E-state index in [4.69, 9.17) is 0 Å². The van der Waals surface area contributed by atoms with E-state index in [1.807, 2.05) is 6.92 Å². The van der Waals surface area contributed by atoms with Crippen molar-refractivity contribution in [3.05, 3.63) is 41.5 Å². The molecule has 0 saturated heterocycles. The van der Waals surface area contributed by atoms with Crippen molar-refractivity contribution in [3.63, 3.8) is 0 Å². The number of hydrogen-bond acceptors (Lipinski definition) is 6. The van der Waals surface area contributed by atoms with Gasteiger partial charge in [-0.1, -0.05) is 18.3 Å². The Hall–Kier alpha value is -2.75. The van der Waals surface area contributed by atoms with E-state index < -0.39 is 12.3 Å². The maximum absolute atomic E-state index is 12.4. The molecule has 2 heterocycles. The molecule has 0 unspecified atom stereocenters. The number of carbonyl (C=O) groups is 1. The molecule has 3 aromatic rings. The van der Waals surface area contributed by atoms with Crippen molar-refractivity contribution >= 4 is 32.6 Å². The van der Waals surface area contributed by atoms with Crippen molar-refractivity contribution in [3.8, 4) is 5.75 Å². The number of hydrogen-bond donors (Lipinski definition) is 1. The molecule has 10 heteroatoms. The van der Waals surface area contributed by atoms with E-state index >= 15 is 0 Å². The third kappa shape index (κ3) is 4.07. The van der Waals surface area contributed by atoms with Crippen LogP contribution in [0, 0.1) is 6.92 Å². The number of anilines is 1. The summed E-state index contributed by atoms with van der Waals surface area (Å²) in [6.07, 6.45) is -2.76. The van der Waals surface area contributed by atoms with E-state index in [0.29, 0.717) is 33.7 Å². The van der Waals surface area contributed by atoms with Crippen molar-refractivity contribution in [2.45, 2.75) is 26.6 Å². The summed E-state index contributed by atoms with van der Waals surface area (Å²) in [7, 11) is 0. The molecule has 0 saturated carbocycles. The smallest absolute Gasteiger partial charge is 0.406 e. The highest BCUT2D eigenvalue weighted by molar-refractivity contribution is 7.22.